The summed E-state index contributed by atoms with van der Waals surface area (Å²) in [6.45, 7) is 5.16. The summed E-state index contributed by atoms with van der Waals surface area (Å²) in [4.78, 5) is 13.6. The normalized spacial score (nSPS) is 19.1. The third-order valence-corrected chi connectivity index (χ3v) is 7.00. The second-order valence-electron chi connectivity index (χ2n) is 9.43. The fourth-order valence-electron chi connectivity index (χ4n) is 5.10. The van der Waals surface area contributed by atoms with Gasteiger partial charge in [0, 0.05) is 24.6 Å². The van der Waals surface area contributed by atoms with E-state index in [1.807, 2.05) is 16.7 Å². The number of aryl methyl sites for hydroxylation is 1. The van der Waals surface area contributed by atoms with Crippen LogP contribution < -0.4 is 4.74 Å². The van der Waals surface area contributed by atoms with Gasteiger partial charge in [0.2, 0.25) is 5.82 Å². The first-order chi connectivity index (χ1) is 16.2. The molecule has 1 unspecified atom stereocenters. The smallest absolute Gasteiger partial charge is 0.234 e. The van der Waals surface area contributed by atoms with E-state index >= 15 is 0 Å². The standard InChI is InChI=1S/C26H31N5O2/c1-18-13-21(7-8-22(18)33-12-10-19-5-3-2-4-6-19)24-25-26(30-23(14-27)29-24)31(17-28-25)15-20-9-11-32-16-20/h7-8,13,17,19-20H,2-6,9-12,15-16H2,1H3. The zero-order valence-corrected chi connectivity index (χ0v) is 19.3. The van der Waals surface area contributed by atoms with Crippen LogP contribution in [0.2, 0.25) is 0 Å². The van der Waals surface area contributed by atoms with Crippen molar-refractivity contribution in [3.05, 3.63) is 35.9 Å². The molecule has 172 valence electrons. The fraction of sp³-hybridized carbons (Fsp3) is 0.538. The van der Waals surface area contributed by atoms with E-state index in [1.165, 1.54) is 32.1 Å². The molecular weight excluding hydrogens is 414 g/mol. The number of benzene rings is 1. The third-order valence-electron chi connectivity index (χ3n) is 7.00. The number of aromatic nitrogens is 4. The van der Waals surface area contributed by atoms with Crippen LogP contribution in [0.5, 0.6) is 5.75 Å². The maximum atomic E-state index is 9.54. The van der Waals surface area contributed by atoms with E-state index in [-0.39, 0.29) is 5.82 Å². The van der Waals surface area contributed by atoms with Crippen LogP contribution in [-0.4, -0.2) is 39.3 Å². The van der Waals surface area contributed by atoms with E-state index in [0.29, 0.717) is 17.3 Å². The molecule has 7 nitrogen and oxygen atoms in total. The van der Waals surface area contributed by atoms with Gasteiger partial charge in [-0.1, -0.05) is 32.1 Å². The van der Waals surface area contributed by atoms with Gasteiger partial charge in [-0.25, -0.2) is 9.97 Å². The maximum Gasteiger partial charge on any atom is 0.234 e. The molecule has 2 fully saturated rings. The van der Waals surface area contributed by atoms with E-state index in [2.05, 4.69) is 34.0 Å². The second-order valence-corrected chi connectivity index (χ2v) is 9.43. The van der Waals surface area contributed by atoms with Gasteiger partial charge in [-0.2, -0.15) is 10.2 Å². The second kappa shape index (κ2) is 9.88. The lowest BCUT2D eigenvalue weighted by molar-refractivity contribution is 0.182. The maximum absolute atomic E-state index is 9.54. The number of ether oxygens (including phenoxy) is 2. The lowest BCUT2D eigenvalue weighted by Crippen LogP contribution is -2.11. The number of fused-ring (bicyclic) bond motifs is 1. The Morgan fingerprint density at radius 1 is 1.15 bits per heavy atom. The van der Waals surface area contributed by atoms with Crippen molar-refractivity contribution >= 4 is 11.2 Å². The number of nitriles is 1. The van der Waals surface area contributed by atoms with Crippen LogP contribution in [0.25, 0.3) is 22.4 Å². The zero-order valence-electron chi connectivity index (χ0n) is 19.3. The third kappa shape index (κ3) is 4.86. The lowest BCUT2D eigenvalue weighted by Gasteiger charge is -2.21. The Bertz CT molecular complexity index is 1150. The van der Waals surface area contributed by atoms with E-state index in [1.54, 1.807) is 6.33 Å². The van der Waals surface area contributed by atoms with Crippen molar-refractivity contribution in [1.29, 1.82) is 5.26 Å². The van der Waals surface area contributed by atoms with E-state index < -0.39 is 0 Å². The first kappa shape index (κ1) is 21.8. The van der Waals surface area contributed by atoms with E-state index in [0.717, 1.165) is 67.5 Å². The molecular formula is C26H31N5O2. The average molecular weight is 446 g/mol. The molecule has 2 aromatic heterocycles. The predicted molar refractivity (Wildman–Crippen MR) is 126 cm³/mol. The van der Waals surface area contributed by atoms with Gasteiger partial charge in [-0.3, -0.25) is 0 Å². The van der Waals surface area contributed by atoms with Crippen molar-refractivity contribution in [3.63, 3.8) is 0 Å². The Kier molecular flexibility index (Phi) is 6.54. The number of imidazole rings is 1. The molecule has 0 N–H and O–H groups in total. The highest BCUT2D eigenvalue weighted by atomic mass is 16.5. The van der Waals surface area contributed by atoms with Gasteiger partial charge in [0.1, 0.15) is 23.0 Å². The highest BCUT2D eigenvalue weighted by Gasteiger charge is 2.20. The molecule has 3 aromatic rings. The topological polar surface area (TPSA) is 85.9 Å². The molecule has 0 bridgehead atoms. The minimum absolute atomic E-state index is 0.160. The van der Waals surface area contributed by atoms with Gasteiger partial charge >= 0.3 is 0 Å². The number of hydrogen-bond acceptors (Lipinski definition) is 6. The predicted octanol–water partition coefficient (Wildman–Crippen LogP) is 5.06. The molecule has 3 heterocycles. The van der Waals surface area contributed by atoms with Crippen molar-refractivity contribution in [3.8, 4) is 23.1 Å². The van der Waals surface area contributed by atoms with Crippen LogP contribution in [0.4, 0.5) is 0 Å². The highest BCUT2D eigenvalue weighted by Crippen LogP contribution is 2.31. The quantitative estimate of drug-likeness (QED) is 0.505. The Morgan fingerprint density at radius 3 is 2.79 bits per heavy atom. The van der Waals surface area contributed by atoms with Crippen molar-refractivity contribution in [1.82, 2.24) is 19.5 Å². The Morgan fingerprint density at radius 2 is 2.03 bits per heavy atom. The van der Waals surface area contributed by atoms with Gasteiger partial charge in [0.05, 0.1) is 19.5 Å². The van der Waals surface area contributed by atoms with E-state index in [9.17, 15) is 5.26 Å². The van der Waals surface area contributed by atoms with Crippen LogP contribution in [-0.2, 0) is 11.3 Å². The molecule has 5 rings (SSSR count). The molecule has 0 spiro atoms. The number of hydrogen-bond donors (Lipinski definition) is 0. The molecule has 1 aromatic carbocycles. The van der Waals surface area contributed by atoms with Gasteiger partial charge in [0.15, 0.2) is 5.65 Å². The van der Waals surface area contributed by atoms with Gasteiger partial charge in [-0.15, -0.1) is 0 Å². The van der Waals surface area contributed by atoms with Crippen LogP contribution in [0.1, 0.15) is 56.3 Å². The molecule has 1 saturated heterocycles. The summed E-state index contributed by atoms with van der Waals surface area (Å²) in [5.41, 5.74) is 4.09. The number of nitrogens with zero attached hydrogens (tertiary/aromatic N) is 5. The van der Waals surface area contributed by atoms with Gasteiger partial charge in [0.25, 0.3) is 0 Å². The molecule has 1 saturated carbocycles. The summed E-state index contributed by atoms with van der Waals surface area (Å²) < 4.78 is 13.7. The molecule has 0 amide bonds. The summed E-state index contributed by atoms with van der Waals surface area (Å²) in [7, 11) is 0. The SMILES string of the molecule is Cc1cc(-c2nc(C#N)nc3c2ncn3CC2CCOC2)ccc1OCCC1CCCCC1. The lowest BCUT2D eigenvalue weighted by atomic mass is 9.87. The zero-order chi connectivity index (χ0) is 22.6. The van der Waals surface area contributed by atoms with Gasteiger partial charge in [-0.05, 0) is 49.4 Å². The Hall–Kier alpha value is -2.98. The molecule has 2 aliphatic rings. The Balaban J connectivity index is 1.37. The van der Waals surface area contributed by atoms with Crippen LogP contribution in [0.15, 0.2) is 24.5 Å². The van der Waals surface area contributed by atoms with Crippen molar-refractivity contribution < 1.29 is 9.47 Å². The summed E-state index contributed by atoms with van der Waals surface area (Å²) in [6, 6.07) is 8.21. The largest absolute Gasteiger partial charge is 0.493 e. The minimum Gasteiger partial charge on any atom is -0.493 e. The summed E-state index contributed by atoms with van der Waals surface area (Å²) in [5, 5.41) is 9.54. The highest BCUT2D eigenvalue weighted by molar-refractivity contribution is 5.88. The van der Waals surface area contributed by atoms with E-state index in [4.69, 9.17) is 9.47 Å². The molecule has 1 atom stereocenters. The number of rotatable bonds is 7. The molecule has 33 heavy (non-hydrogen) atoms. The van der Waals surface area contributed by atoms with Gasteiger partial charge < -0.3 is 14.0 Å². The molecule has 1 aliphatic heterocycles. The summed E-state index contributed by atoms with van der Waals surface area (Å²) in [6.07, 6.45) is 10.8. The van der Waals surface area contributed by atoms with Crippen LogP contribution in [0, 0.1) is 30.1 Å². The molecule has 0 radical (unpaired) electrons. The van der Waals surface area contributed by atoms with Crippen molar-refractivity contribution in [2.75, 3.05) is 19.8 Å². The van der Waals surface area contributed by atoms with Crippen molar-refractivity contribution in [2.45, 2.75) is 58.4 Å². The van der Waals surface area contributed by atoms with Crippen molar-refractivity contribution in [2.24, 2.45) is 11.8 Å². The Labute approximate surface area is 194 Å². The van der Waals surface area contributed by atoms with Crippen LogP contribution in [0.3, 0.4) is 0 Å². The molecule has 1 aliphatic carbocycles. The average Bonchev–Trinajstić information content (AvgIpc) is 3.51. The summed E-state index contributed by atoms with van der Waals surface area (Å²) in [5.74, 6) is 2.32. The molecule has 7 heteroatoms. The fourth-order valence-corrected chi connectivity index (χ4v) is 5.10. The summed E-state index contributed by atoms with van der Waals surface area (Å²) >= 11 is 0. The minimum atomic E-state index is 0.160. The first-order valence-corrected chi connectivity index (χ1v) is 12.2. The first-order valence-electron chi connectivity index (χ1n) is 12.2. The monoisotopic (exact) mass is 445 g/mol. The van der Waals surface area contributed by atoms with Crippen LogP contribution >= 0.6 is 0 Å².